The second-order valence-electron chi connectivity index (χ2n) is 10.9. The molecule has 1 fully saturated rings. The van der Waals surface area contributed by atoms with Gasteiger partial charge in [-0.05, 0) is 38.8 Å². The van der Waals surface area contributed by atoms with E-state index in [4.69, 9.17) is 0 Å². The molecule has 1 saturated heterocycles. The Labute approximate surface area is 217 Å². The summed E-state index contributed by atoms with van der Waals surface area (Å²) >= 11 is 0. The fraction of sp³-hybridized carbons (Fsp3) is 0.500. The van der Waals surface area contributed by atoms with Crippen LogP contribution in [0.4, 0.5) is 14.5 Å². The Morgan fingerprint density at radius 3 is 2.41 bits per heavy atom. The Bertz CT molecular complexity index is 1360. The maximum absolute atomic E-state index is 15.3. The van der Waals surface area contributed by atoms with E-state index in [9.17, 15) is 12.8 Å². The molecule has 0 unspecified atom stereocenters. The Balaban J connectivity index is 1.57. The highest BCUT2D eigenvalue weighted by Crippen LogP contribution is 2.27. The second kappa shape index (κ2) is 10.4. The fourth-order valence-corrected chi connectivity index (χ4v) is 6.42. The molecule has 1 aliphatic heterocycles. The number of hydrogen-bond acceptors (Lipinski definition) is 7. The summed E-state index contributed by atoms with van der Waals surface area (Å²) in [5.41, 5.74) is 1.56. The van der Waals surface area contributed by atoms with Crippen molar-refractivity contribution in [3.8, 4) is 16.9 Å². The van der Waals surface area contributed by atoms with Gasteiger partial charge in [-0.15, -0.1) is 5.10 Å². The number of piperazine rings is 1. The van der Waals surface area contributed by atoms with Crippen LogP contribution >= 0.6 is 0 Å². The average Bonchev–Trinajstić information content (AvgIpc) is 3.30. The van der Waals surface area contributed by atoms with Gasteiger partial charge in [-0.1, -0.05) is 25.1 Å². The van der Waals surface area contributed by atoms with Gasteiger partial charge in [0.05, 0.1) is 29.6 Å². The fourth-order valence-electron chi connectivity index (χ4n) is 4.59. The lowest BCUT2D eigenvalue weighted by atomic mass is 10.0. The minimum absolute atomic E-state index is 0.0821. The molecule has 0 amide bonds. The number of halogens is 2. The molecule has 2 aromatic heterocycles. The summed E-state index contributed by atoms with van der Waals surface area (Å²) in [5, 5.41) is 8.05. The zero-order chi connectivity index (χ0) is 27.0. The van der Waals surface area contributed by atoms with Gasteiger partial charge in [0, 0.05) is 49.0 Å². The van der Waals surface area contributed by atoms with Gasteiger partial charge < -0.3 is 4.90 Å². The van der Waals surface area contributed by atoms with Crippen LogP contribution in [0.1, 0.15) is 40.2 Å². The summed E-state index contributed by atoms with van der Waals surface area (Å²) in [4.78, 5) is 9.05. The van der Waals surface area contributed by atoms with Crippen LogP contribution in [0.3, 0.4) is 0 Å². The smallest absolute Gasteiger partial charge is 0.156 e. The second-order valence-corrected chi connectivity index (χ2v) is 13.1. The van der Waals surface area contributed by atoms with Gasteiger partial charge >= 0.3 is 0 Å². The van der Waals surface area contributed by atoms with E-state index in [1.807, 2.05) is 6.07 Å². The first-order chi connectivity index (χ1) is 17.3. The van der Waals surface area contributed by atoms with Crippen molar-refractivity contribution in [3.05, 3.63) is 54.0 Å². The van der Waals surface area contributed by atoms with E-state index in [1.165, 1.54) is 6.20 Å². The molecule has 0 atom stereocenters. The first kappa shape index (κ1) is 27.1. The highest BCUT2D eigenvalue weighted by molar-refractivity contribution is 7.90. The number of pyridine rings is 1. The Kier molecular flexibility index (Phi) is 7.66. The third-order valence-corrected chi connectivity index (χ3v) is 8.37. The topological polar surface area (TPSA) is 84.2 Å². The molecule has 1 aromatic carbocycles. The zero-order valence-corrected chi connectivity index (χ0v) is 22.8. The summed E-state index contributed by atoms with van der Waals surface area (Å²) in [6.45, 7) is 13.8. The maximum Gasteiger partial charge on any atom is 0.156 e. The standard InChI is InChI=1S/C26H34F2N6O2S/c1-18(2)16-37(35,36)17-19-6-7-22(27)25(24(19)28)34-15-23(30-31-34)20-12-21(14-29-13-20)32-8-10-33(11-9-32)26(3,4)5/h6-7,12-15,18H,8-11,16-17H2,1-5H3. The number of sulfone groups is 1. The van der Waals surface area contributed by atoms with E-state index < -0.39 is 32.9 Å². The molecule has 0 bridgehead atoms. The monoisotopic (exact) mass is 532 g/mol. The first-order valence-corrected chi connectivity index (χ1v) is 14.2. The summed E-state index contributed by atoms with van der Waals surface area (Å²) in [5.74, 6) is -2.52. The van der Waals surface area contributed by atoms with Crippen molar-refractivity contribution in [3.63, 3.8) is 0 Å². The number of nitrogens with zero attached hydrogens (tertiary/aromatic N) is 6. The van der Waals surface area contributed by atoms with Crippen LogP contribution in [0.5, 0.6) is 0 Å². The molecule has 3 heterocycles. The maximum atomic E-state index is 15.3. The van der Waals surface area contributed by atoms with Gasteiger partial charge in [-0.25, -0.2) is 21.9 Å². The third kappa shape index (κ3) is 6.32. The first-order valence-electron chi connectivity index (χ1n) is 12.4. The molecule has 11 heteroatoms. The van der Waals surface area contributed by atoms with Crippen LogP contribution < -0.4 is 4.90 Å². The zero-order valence-electron chi connectivity index (χ0n) is 21.9. The van der Waals surface area contributed by atoms with Crippen molar-refractivity contribution in [2.45, 2.75) is 45.9 Å². The number of rotatable bonds is 7. The van der Waals surface area contributed by atoms with E-state index in [0.29, 0.717) is 11.3 Å². The number of anilines is 1. The number of hydrogen-bond donors (Lipinski definition) is 0. The minimum Gasteiger partial charge on any atom is -0.368 e. The van der Waals surface area contributed by atoms with E-state index in [-0.39, 0.29) is 22.8 Å². The molecule has 37 heavy (non-hydrogen) atoms. The van der Waals surface area contributed by atoms with Crippen molar-refractivity contribution in [2.24, 2.45) is 5.92 Å². The van der Waals surface area contributed by atoms with Crippen molar-refractivity contribution in [1.29, 1.82) is 0 Å². The Morgan fingerprint density at radius 2 is 1.76 bits per heavy atom. The molecular formula is C26H34F2N6O2S. The van der Waals surface area contributed by atoms with Gasteiger partial charge in [0.15, 0.2) is 21.5 Å². The summed E-state index contributed by atoms with van der Waals surface area (Å²) in [6, 6.07) is 4.16. The predicted octanol–water partition coefficient (Wildman–Crippen LogP) is 4.10. The van der Waals surface area contributed by atoms with Gasteiger partial charge in [0.2, 0.25) is 0 Å². The highest BCUT2D eigenvalue weighted by atomic mass is 32.2. The molecule has 0 radical (unpaired) electrons. The molecule has 8 nitrogen and oxygen atoms in total. The van der Waals surface area contributed by atoms with Crippen molar-refractivity contribution in [1.82, 2.24) is 24.9 Å². The molecule has 3 aromatic rings. The summed E-state index contributed by atoms with van der Waals surface area (Å²) < 4.78 is 55.8. The molecule has 0 aliphatic carbocycles. The normalized spacial score (nSPS) is 15.5. The summed E-state index contributed by atoms with van der Waals surface area (Å²) in [7, 11) is -3.56. The van der Waals surface area contributed by atoms with Crippen molar-refractivity contribution >= 4 is 15.5 Å². The van der Waals surface area contributed by atoms with Gasteiger partial charge in [0.25, 0.3) is 0 Å². The van der Waals surface area contributed by atoms with Gasteiger partial charge in [-0.3, -0.25) is 9.88 Å². The minimum atomic E-state index is -3.56. The van der Waals surface area contributed by atoms with Crippen LogP contribution in [-0.4, -0.2) is 70.8 Å². The van der Waals surface area contributed by atoms with Crippen LogP contribution in [0.25, 0.3) is 16.9 Å². The third-order valence-electron chi connectivity index (χ3n) is 6.45. The molecule has 0 N–H and O–H groups in total. The molecule has 200 valence electrons. The van der Waals surface area contributed by atoms with E-state index >= 15 is 4.39 Å². The van der Waals surface area contributed by atoms with E-state index in [2.05, 4.69) is 45.9 Å². The lowest BCUT2D eigenvalue weighted by Crippen LogP contribution is -2.53. The lowest BCUT2D eigenvalue weighted by molar-refractivity contribution is 0.128. The van der Waals surface area contributed by atoms with Gasteiger partial charge in [-0.2, -0.15) is 0 Å². The molecule has 0 saturated carbocycles. The predicted molar refractivity (Wildman–Crippen MR) is 140 cm³/mol. The number of benzene rings is 1. The Morgan fingerprint density at radius 1 is 1.05 bits per heavy atom. The van der Waals surface area contributed by atoms with Gasteiger partial charge in [0.1, 0.15) is 11.4 Å². The van der Waals surface area contributed by atoms with Crippen LogP contribution in [0.2, 0.25) is 0 Å². The van der Waals surface area contributed by atoms with E-state index in [0.717, 1.165) is 48.7 Å². The van der Waals surface area contributed by atoms with Crippen LogP contribution in [-0.2, 0) is 15.6 Å². The Hall–Kier alpha value is -2.92. The van der Waals surface area contributed by atoms with Crippen LogP contribution in [0.15, 0.2) is 36.8 Å². The molecule has 0 spiro atoms. The average molecular weight is 533 g/mol. The number of aromatic nitrogens is 4. The highest BCUT2D eigenvalue weighted by Gasteiger charge is 2.26. The molecule has 4 rings (SSSR count). The van der Waals surface area contributed by atoms with Crippen molar-refractivity contribution < 1.29 is 17.2 Å². The lowest BCUT2D eigenvalue weighted by Gasteiger charge is -2.43. The van der Waals surface area contributed by atoms with Crippen LogP contribution in [0, 0.1) is 17.6 Å². The summed E-state index contributed by atoms with van der Waals surface area (Å²) in [6.07, 6.45) is 4.85. The van der Waals surface area contributed by atoms with E-state index in [1.54, 1.807) is 26.2 Å². The molecular weight excluding hydrogens is 498 g/mol. The molecule has 1 aliphatic rings. The largest absolute Gasteiger partial charge is 0.368 e. The van der Waals surface area contributed by atoms with Crippen molar-refractivity contribution in [2.75, 3.05) is 36.8 Å². The quantitative estimate of drug-likeness (QED) is 0.453. The SMILES string of the molecule is CC(C)CS(=O)(=O)Cc1ccc(F)c(-n2cc(-c3cncc(N4CCN(C(C)(C)C)CC4)c3)nn2)c1F.